The van der Waals surface area contributed by atoms with Gasteiger partial charge in [-0.15, -0.1) is 11.3 Å². The summed E-state index contributed by atoms with van der Waals surface area (Å²) in [5.74, 6) is 1.03. The SMILES string of the molecule is CCO[C@@H](C)c1nc(CN(Cc2ccco2)C2CC2)cs1. The van der Waals surface area contributed by atoms with Gasteiger partial charge in [-0.1, -0.05) is 0 Å². The molecular weight excluding hydrogens is 284 g/mol. The molecule has 0 unspecified atom stereocenters. The van der Waals surface area contributed by atoms with Crippen molar-refractivity contribution in [2.75, 3.05) is 6.61 Å². The maximum Gasteiger partial charge on any atom is 0.122 e. The third kappa shape index (κ3) is 3.93. The molecule has 1 fully saturated rings. The van der Waals surface area contributed by atoms with Crippen LogP contribution < -0.4 is 0 Å². The average molecular weight is 306 g/mol. The van der Waals surface area contributed by atoms with Gasteiger partial charge in [0.05, 0.1) is 18.5 Å². The number of rotatable bonds is 8. The van der Waals surface area contributed by atoms with Crippen molar-refractivity contribution >= 4 is 11.3 Å². The summed E-state index contributed by atoms with van der Waals surface area (Å²) in [5, 5.41) is 3.23. The lowest BCUT2D eigenvalue weighted by molar-refractivity contribution is 0.0759. The summed E-state index contributed by atoms with van der Waals surface area (Å²) in [7, 11) is 0. The molecular formula is C16H22N2O2S. The smallest absolute Gasteiger partial charge is 0.122 e. The summed E-state index contributed by atoms with van der Waals surface area (Å²) in [6.45, 7) is 6.56. The van der Waals surface area contributed by atoms with E-state index in [1.807, 2.05) is 19.1 Å². The fourth-order valence-electron chi connectivity index (χ4n) is 2.47. The molecule has 1 saturated carbocycles. The highest BCUT2D eigenvalue weighted by Crippen LogP contribution is 2.30. The van der Waals surface area contributed by atoms with E-state index in [1.165, 1.54) is 12.8 Å². The van der Waals surface area contributed by atoms with E-state index >= 15 is 0 Å². The Morgan fingerprint density at radius 1 is 1.48 bits per heavy atom. The highest BCUT2D eigenvalue weighted by molar-refractivity contribution is 7.09. The first-order chi connectivity index (χ1) is 10.3. The van der Waals surface area contributed by atoms with Crippen LogP contribution in [0, 0.1) is 0 Å². The van der Waals surface area contributed by atoms with Gasteiger partial charge >= 0.3 is 0 Å². The molecule has 0 bridgehead atoms. The van der Waals surface area contributed by atoms with Crippen LogP contribution in [0.25, 0.3) is 0 Å². The van der Waals surface area contributed by atoms with Crippen LogP contribution in [-0.4, -0.2) is 22.5 Å². The van der Waals surface area contributed by atoms with Crippen LogP contribution in [0.3, 0.4) is 0 Å². The number of hydrogen-bond acceptors (Lipinski definition) is 5. The molecule has 0 aromatic carbocycles. The minimum atomic E-state index is 0.0909. The first-order valence-corrected chi connectivity index (χ1v) is 8.46. The van der Waals surface area contributed by atoms with Crippen LogP contribution in [0.5, 0.6) is 0 Å². The van der Waals surface area contributed by atoms with Crippen molar-refractivity contribution in [3.8, 4) is 0 Å². The Morgan fingerprint density at radius 3 is 3.00 bits per heavy atom. The molecule has 0 aliphatic heterocycles. The Hall–Kier alpha value is -1.17. The minimum Gasteiger partial charge on any atom is -0.468 e. The third-order valence-electron chi connectivity index (χ3n) is 3.70. The summed E-state index contributed by atoms with van der Waals surface area (Å²) >= 11 is 1.69. The fourth-order valence-corrected chi connectivity index (χ4v) is 3.28. The maximum absolute atomic E-state index is 5.61. The van der Waals surface area contributed by atoms with E-state index in [1.54, 1.807) is 17.6 Å². The normalized spacial score (nSPS) is 16.5. The lowest BCUT2D eigenvalue weighted by Crippen LogP contribution is -2.25. The molecule has 1 aliphatic carbocycles. The van der Waals surface area contributed by atoms with Gasteiger partial charge in [-0.05, 0) is 38.8 Å². The Labute approximate surface area is 129 Å². The van der Waals surface area contributed by atoms with E-state index in [4.69, 9.17) is 14.1 Å². The molecule has 0 radical (unpaired) electrons. The van der Waals surface area contributed by atoms with Crippen molar-refractivity contribution in [1.29, 1.82) is 0 Å². The van der Waals surface area contributed by atoms with Crippen LogP contribution in [0.2, 0.25) is 0 Å². The predicted molar refractivity (Wildman–Crippen MR) is 83.1 cm³/mol. The van der Waals surface area contributed by atoms with Crippen molar-refractivity contribution in [3.05, 3.63) is 40.2 Å². The van der Waals surface area contributed by atoms with Crippen LogP contribution in [0.1, 0.15) is 49.3 Å². The van der Waals surface area contributed by atoms with Crippen molar-refractivity contribution in [1.82, 2.24) is 9.88 Å². The van der Waals surface area contributed by atoms with Crippen molar-refractivity contribution in [3.63, 3.8) is 0 Å². The lowest BCUT2D eigenvalue weighted by Gasteiger charge is -2.19. The number of thiazole rings is 1. The zero-order chi connectivity index (χ0) is 14.7. The van der Waals surface area contributed by atoms with Crippen LogP contribution >= 0.6 is 11.3 Å². The molecule has 3 rings (SSSR count). The zero-order valence-electron chi connectivity index (χ0n) is 12.6. The summed E-state index contributed by atoms with van der Waals surface area (Å²) in [4.78, 5) is 7.19. The third-order valence-corrected chi connectivity index (χ3v) is 4.76. The molecule has 0 N–H and O–H groups in total. The van der Waals surface area contributed by atoms with Crippen molar-refractivity contribution in [2.24, 2.45) is 0 Å². The summed E-state index contributed by atoms with van der Waals surface area (Å²) in [6.07, 6.45) is 4.40. The molecule has 0 saturated heterocycles. The number of aromatic nitrogens is 1. The van der Waals surface area contributed by atoms with Gasteiger partial charge < -0.3 is 9.15 Å². The van der Waals surface area contributed by atoms with Crippen LogP contribution in [-0.2, 0) is 17.8 Å². The first kappa shape index (κ1) is 14.8. The average Bonchev–Trinajstić information content (AvgIpc) is 2.99. The molecule has 0 amide bonds. The van der Waals surface area contributed by atoms with Crippen LogP contribution in [0.15, 0.2) is 28.2 Å². The summed E-state index contributed by atoms with van der Waals surface area (Å²) in [6, 6.07) is 4.68. The number of nitrogens with zero attached hydrogens (tertiary/aromatic N) is 2. The van der Waals surface area contributed by atoms with Gasteiger partial charge in [0, 0.05) is 24.6 Å². The Kier molecular flexibility index (Phi) is 4.73. The maximum atomic E-state index is 5.61. The van der Waals surface area contributed by atoms with Crippen molar-refractivity contribution in [2.45, 2.75) is 51.9 Å². The van der Waals surface area contributed by atoms with Gasteiger partial charge in [0.15, 0.2) is 0 Å². The molecule has 2 aromatic heterocycles. The molecule has 2 aromatic rings. The minimum absolute atomic E-state index is 0.0909. The lowest BCUT2D eigenvalue weighted by atomic mass is 10.3. The standard InChI is InChI=1S/C16H22N2O2S/c1-3-19-12(2)16-17-13(11-21-16)9-18(14-6-7-14)10-15-5-4-8-20-15/h4-5,8,11-12,14H,3,6-7,9-10H2,1-2H3/t12-/m0/s1. The second-order valence-electron chi connectivity index (χ2n) is 5.49. The first-order valence-electron chi connectivity index (χ1n) is 7.58. The van der Waals surface area contributed by atoms with E-state index in [0.29, 0.717) is 6.04 Å². The van der Waals surface area contributed by atoms with Crippen molar-refractivity contribution < 1.29 is 9.15 Å². The molecule has 1 aliphatic rings. The summed E-state index contributed by atoms with van der Waals surface area (Å²) in [5.41, 5.74) is 1.14. The molecule has 4 nitrogen and oxygen atoms in total. The Bertz CT molecular complexity index is 548. The van der Waals surface area contributed by atoms with Gasteiger partial charge in [-0.3, -0.25) is 4.90 Å². The van der Waals surface area contributed by atoms with E-state index in [0.717, 1.165) is 36.2 Å². The van der Waals surface area contributed by atoms with E-state index in [2.05, 4.69) is 17.2 Å². The quantitative estimate of drug-likeness (QED) is 0.739. The second kappa shape index (κ2) is 6.73. The van der Waals surface area contributed by atoms with Gasteiger partial charge in [-0.25, -0.2) is 4.98 Å². The largest absolute Gasteiger partial charge is 0.468 e. The topological polar surface area (TPSA) is 38.5 Å². The molecule has 2 heterocycles. The number of hydrogen-bond donors (Lipinski definition) is 0. The number of furan rings is 1. The predicted octanol–water partition coefficient (Wildman–Crippen LogP) is 4.00. The molecule has 114 valence electrons. The van der Waals surface area contributed by atoms with Crippen LogP contribution in [0.4, 0.5) is 0 Å². The van der Waals surface area contributed by atoms with E-state index in [-0.39, 0.29) is 6.10 Å². The highest BCUT2D eigenvalue weighted by atomic mass is 32.1. The summed E-state index contributed by atoms with van der Waals surface area (Å²) < 4.78 is 11.1. The fraction of sp³-hybridized carbons (Fsp3) is 0.562. The van der Waals surface area contributed by atoms with E-state index < -0.39 is 0 Å². The van der Waals surface area contributed by atoms with Gasteiger partial charge in [0.1, 0.15) is 16.9 Å². The molecule has 5 heteroatoms. The Morgan fingerprint density at radius 2 is 2.33 bits per heavy atom. The van der Waals surface area contributed by atoms with Gasteiger partial charge in [0.2, 0.25) is 0 Å². The second-order valence-corrected chi connectivity index (χ2v) is 6.38. The van der Waals surface area contributed by atoms with E-state index in [9.17, 15) is 0 Å². The van der Waals surface area contributed by atoms with Gasteiger partial charge in [0.25, 0.3) is 0 Å². The molecule has 1 atom stereocenters. The molecule has 21 heavy (non-hydrogen) atoms. The Balaban J connectivity index is 1.63. The monoisotopic (exact) mass is 306 g/mol. The highest BCUT2D eigenvalue weighted by Gasteiger charge is 2.30. The number of ether oxygens (including phenoxy) is 1. The van der Waals surface area contributed by atoms with Gasteiger partial charge in [-0.2, -0.15) is 0 Å². The molecule has 0 spiro atoms. The zero-order valence-corrected chi connectivity index (χ0v) is 13.4.